The monoisotopic (exact) mass is 574 g/mol. The topological polar surface area (TPSA) is 119 Å². The van der Waals surface area contributed by atoms with Crippen LogP contribution in [0.3, 0.4) is 0 Å². The first-order chi connectivity index (χ1) is 19.8. The molecule has 9 nitrogen and oxygen atoms in total. The normalized spacial score (nSPS) is 24.6. The lowest BCUT2D eigenvalue weighted by Crippen LogP contribution is -2.57. The van der Waals surface area contributed by atoms with Crippen LogP contribution in [0.1, 0.15) is 64.2 Å². The van der Waals surface area contributed by atoms with Gasteiger partial charge >= 0.3 is 12.0 Å². The summed E-state index contributed by atoms with van der Waals surface area (Å²) in [6, 6.07) is 12.1. The molecule has 3 fully saturated rings. The van der Waals surface area contributed by atoms with Gasteiger partial charge in [0.05, 0.1) is 23.5 Å². The van der Waals surface area contributed by atoms with Gasteiger partial charge in [-0.25, -0.2) is 9.59 Å². The highest BCUT2D eigenvalue weighted by molar-refractivity contribution is 6.08. The predicted octanol–water partition coefficient (Wildman–Crippen LogP) is 5.42. The number of hydrogen-bond acceptors (Lipinski definition) is 5. The van der Waals surface area contributed by atoms with E-state index in [1.165, 1.54) is 29.9 Å². The first-order valence-electron chi connectivity index (χ1n) is 14.8. The van der Waals surface area contributed by atoms with Gasteiger partial charge in [0.2, 0.25) is 0 Å². The number of benzene rings is 2. The molecule has 6 rings (SSSR count). The number of para-hydroxylation sites is 2. The Labute approximate surface area is 247 Å². The van der Waals surface area contributed by atoms with Crippen LogP contribution in [-0.2, 0) is 9.59 Å². The van der Waals surface area contributed by atoms with Crippen LogP contribution in [0.25, 0.3) is 0 Å². The standard InChI is InChI=1S/C33H42N4O5/c1-32(2,3)28(38)19-37-27-12-7-6-11-26(27)36(17-21-13-14-22-16-24(21)33(22,4)5)18-25(29(37)39)35-31(42)34-23-10-8-9-20(15-23)30(40)41/h6-12,15,21-22,24-25H,13-14,16-19H2,1-5H3,(H,40,41)(H2,34,35,42)/t21-,22-,24-,25+/m0/s1. The highest BCUT2D eigenvalue weighted by atomic mass is 16.4. The molecule has 3 amide bonds. The summed E-state index contributed by atoms with van der Waals surface area (Å²) in [5, 5.41) is 14.8. The van der Waals surface area contributed by atoms with Gasteiger partial charge < -0.3 is 25.5 Å². The molecule has 0 saturated heterocycles. The molecule has 3 aliphatic carbocycles. The highest BCUT2D eigenvalue weighted by Gasteiger charge is 2.54. The number of carbonyl (C=O) groups excluding carboxylic acids is 3. The van der Waals surface area contributed by atoms with E-state index in [2.05, 4.69) is 29.4 Å². The van der Waals surface area contributed by atoms with Crippen LogP contribution < -0.4 is 20.4 Å². The molecule has 2 bridgehead atoms. The predicted molar refractivity (Wildman–Crippen MR) is 163 cm³/mol. The third kappa shape index (κ3) is 5.74. The van der Waals surface area contributed by atoms with Crippen LogP contribution in [0.15, 0.2) is 48.5 Å². The zero-order valence-electron chi connectivity index (χ0n) is 25.1. The summed E-state index contributed by atoms with van der Waals surface area (Å²) < 4.78 is 0. The number of hydrogen-bond donors (Lipinski definition) is 3. The second kappa shape index (κ2) is 11.1. The van der Waals surface area contributed by atoms with Crippen molar-refractivity contribution in [3.05, 3.63) is 54.1 Å². The van der Waals surface area contributed by atoms with E-state index in [0.29, 0.717) is 28.6 Å². The van der Waals surface area contributed by atoms with Crippen molar-refractivity contribution in [1.82, 2.24) is 5.32 Å². The van der Waals surface area contributed by atoms with Gasteiger partial charge in [0.25, 0.3) is 5.91 Å². The number of amides is 3. The molecule has 1 heterocycles. The van der Waals surface area contributed by atoms with Gasteiger partial charge in [0, 0.05) is 24.2 Å². The third-order valence-corrected chi connectivity index (χ3v) is 9.75. The molecule has 0 radical (unpaired) electrons. The van der Waals surface area contributed by atoms with E-state index in [4.69, 9.17) is 0 Å². The van der Waals surface area contributed by atoms with E-state index >= 15 is 0 Å². The van der Waals surface area contributed by atoms with Gasteiger partial charge in [0.15, 0.2) is 5.78 Å². The van der Waals surface area contributed by atoms with Crippen LogP contribution in [0.2, 0.25) is 0 Å². The Bertz CT molecular complexity index is 1390. The Morgan fingerprint density at radius 3 is 2.38 bits per heavy atom. The van der Waals surface area contributed by atoms with Crippen molar-refractivity contribution in [2.24, 2.45) is 28.6 Å². The molecule has 3 saturated carbocycles. The fourth-order valence-corrected chi connectivity index (χ4v) is 7.01. The number of nitrogens with zero attached hydrogens (tertiary/aromatic N) is 2. The highest BCUT2D eigenvalue weighted by Crippen LogP contribution is 2.61. The fraction of sp³-hybridized carbons (Fsp3) is 0.515. The zero-order chi connectivity index (χ0) is 30.4. The number of fused-ring (bicyclic) bond motifs is 3. The summed E-state index contributed by atoms with van der Waals surface area (Å²) >= 11 is 0. The zero-order valence-corrected chi connectivity index (χ0v) is 25.1. The van der Waals surface area contributed by atoms with Gasteiger partial charge in [-0.1, -0.05) is 52.8 Å². The van der Waals surface area contributed by atoms with Gasteiger partial charge in [-0.05, 0) is 72.8 Å². The molecule has 1 aliphatic heterocycles. The Kier molecular flexibility index (Phi) is 7.81. The number of ketones is 1. The average Bonchev–Trinajstić information content (AvgIpc) is 3.03. The second-order valence-electron chi connectivity index (χ2n) is 13.7. The molecule has 2 aromatic rings. The number of carboxylic acids is 1. The Balaban J connectivity index is 1.45. The first-order valence-corrected chi connectivity index (χ1v) is 14.8. The molecular weight excluding hydrogens is 532 g/mol. The molecule has 3 N–H and O–H groups in total. The Morgan fingerprint density at radius 2 is 1.74 bits per heavy atom. The average molecular weight is 575 g/mol. The SMILES string of the molecule is CC(C)(C)C(=O)CN1C(=O)[C@H](NC(=O)Nc2cccc(C(=O)O)c2)CN(C[C@@H]2CC[C@H]3C[C@@H]2C3(C)C)c2ccccc21. The van der Waals surface area contributed by atoms with Crippen molar-refractivity contribution < 1.29 is 24.3 Å². The molecule has 4 aliphatic rings. The molecular formula is C33H42N4O5. The smallest absolute Gasteiger partial charge is 0.335 e. The molecule has 0 spiro atoms. The van der Waals surface area contributed by atoms with Crippen molar-refractivity contribution in [2.75, 3.05) is 34.8 Å². The van der Waals surface area contributed by atoms with Crippen molar-refractivity contribution >= 4 is 40.8 Å². The van der Waals surface area contributed by atoms with Crippen molar-refractivity contribution in [2.45, 2.75) is 59.9 Å². The minimum Gasteiger partial charge on any atom is -0.478 e. The van der Waals surface area contributed by atoms with E-state index in [-0.39, 0.29) is 30.3 Å². The van der Waals surface area contributed by atoms with Gasteiger partial charge in [-0.2, -0.15) is 0 Å². The van der Waals surface area contributed by atoms with Crippen molar-refractivity contribution in [3.63, 3.8) is 0 Å². The number of aromatic carboxylic acids is 1. The largest absolute Gasteiger partial charge is 0.478 e. The van der Waals surface area contributed by atoms with Crippen LogP contribution in [0.5, 0.6) is 0 Å². The van der Waals surface area contributed by atoms with E-state index in [1.807, 2.05) is 45.0 Å². The van der Waals surface area contributed by atoms with Gasteiger partial charge in [-0.3, -0.25) is 9.59 Å². The Morgan fingerprint density at radius 1 is 1.02 bits per heavy atom. The number of carboxylic acid groups (broad SMARTS) is 1. The maximum absolute atomic E-state index is 14.1. The van der Waals surface area contributed by atoms with Crippen LogP contribution >= 0.6 is 0 Å². The summed E-state index contributed by atoms with van der Waals surface area (Å²) in [6.07, 6.45) is 3.57. The minimum atomic E-state index is -1.10. The fourth-order valence-electron chi connectivity index (χ4n) is 7.01. The number of carbonyl (C=O) groups is 4. The van der Waals surface area contributed by atoms with Crippen LogP contribution in [-0.4, -0.2) is 54.5 Å². The maximum Gasteiger partial charge on any atom is 0.335 e. The van der Waals surface area contributed by atoms with Crippen molar-refractivity contribution in [3.8, 4) is 0 Å². The minimum absolute atomic E-state index is 0.0421. The van der Waals surface area contributed by atoms with E-state index < -0.39 is 23.5 Å². The van der Waals surface area contributed by atoms with Crippen molar-refractivity contribution in [1.29, 1.82) is 0 Å². The number of nitrogens with one attached hydrogen (secondary N) is 2. The maximum atomic E-state index is 14.1. The summed E-state index contributed by atoms with van der Waals surface area (Å²) in [7, 11) is 0. The molecule has 0 aromatic heterocycles. The first kappa shape index (κ1) is 29.6. The van der Waals surface area contributed by atoms with Gasteiger partial charge in [-0.15, -0.1) is 0 Å². The molecule has 42 heavy (non-hydrogen) atoms. The molecule has 224 valence electrons. The molecule has 9 heteroatoms. The third-order valence-electron chi connectivity index (χ3n) is 9.75. The Hall–Kier alpha value is -3.88. The molecule has 2 aromatic carbocycles. The van der Waals surface area contributed by atoms with Crippen LogP contribution in [0, 0.1) is 28.6 Å². The molecule has 0 unspecified atom stereocenters. The lowest BCUT2D eigenvalue weighted by Gasteiger charge is -2.60. The van der Waals surface area contributed by atoms with E-state index in [9.17, 15) is 24.3 Å². The summed E-state index contributed by atoms with van der Waals surface area (Å²) in [5.74, 6) is 0.302. The van der Waals surface area contributed by atoms with Gasteiger partial charge in [0.1, 0.15) is 6.04 Å². The number of anilines is 3. The lowest BCUT2D eigenvalue weighted by molar-refractivity contribution is -0.127. The molecule has 4 atom stereocenters. The number of urea groups is 1. The quantitative estimate of drug-likeness (QED) is 0.407. The van der Waals surface area contributed by atoms with Crippen LogP contribution in [0.4, 0.5) is 21.9 Å². The number of Topliss-reactive ketones (excluding diaryl/α,β-unsaturated/α-hetero) is 1. The summed E-state index contributed by atoms with van der Waals surface area (Å²) in [4.78, 5) is 55.7. The lowest BCUT2D eigenvalue weighted by atomic mass is 9.45. The summed E-state index contributed by atoms with van der Waals surface area (Å²) in [6.45, 7) is 11.1. The van der Waals surface area contributed by atoms with E-state index in [1.54, 1.807) is 12.1 Å². The summed E-state index contributed by atoms with van der Waals surface area (Å²) in [5.41, 5.74) is 1.55. The van der Waals surface area contributed by atoms with E-state index in [0.717, 1.165) is 24.6 Å². The number of rotatable bonds is 7. The second-order valence-corrected chi connectivity index (χ2v) is 13.7.